The van der Waals surface area contributed by atoms with Crippen LogP contribution in [0.15, 0.2) is 29.4 Å². The quantitative estimate of drug-likeness (QED) is 0.537. The molecule has 0 spiro atoms. The van der Waals surface area contributed by atoms with Crippen LogP contribution in [0.25, 0.3) is 0 Å². The smallest absolute Gasteiger partial charge is 0.304 e. The van der Waals surface area contributed by atoms with Crippen LogP contribution in [0.3, 0.4) is 0 Å². The molecule has 2 rings (SSSR count). The highest BCUT2D eigenvalue weighted by Crippen LogP contribution is 2.35. The van der Waals surface area contributed by atoms with E-state index >= 15 is 0 Å². The molecule has 0 saturated carbocycles. The summed E-state index contributed by atoms with van der Waals surface area (Å²) in [6, 6.07) is 5.46. The minimum absolute atomic E-state index is 0.121. The van der Waals surface area contributed by atoms with Gasteiger partial charge in [-0.25, -0.2) is 4.98 Å². The number of hydrogen-bond acceptors (Lipinski definition) is 9. The van der Waals surface area contributed by atoms with Gasteiger partial charge in [-0.15, -0.1) is 0 Å². The molecule has 0 aliphatic carbocycles. The maximum atomic E-state index is 11.6. The molecule has 0 N–H and O–H groups in total. The van der Waals surface area contributed by atoms with Crippen LogP contribution in [-0.4, -0.2) is 53.2 Å². The summed E-state index contributed by atoms with van der Waals surface area (Å²) in [5.41, 5.74) is 0. The number of carbonyl (C=O) groups excluding carboxylic acids is 3. The minimum atomic E-state index is -0.832. The Morgan fingerprint density at radius 3 is 2.46 bits per heavy atom. The second-order valence-electron chi connectivity index (χ2n) is 5.65. The van der Waals surface area contributed by atoms with Crippen LogP contribution in [0, 0.1) is 0 Å². The molecule has 142 valence electrons. The monoisotopic (exact) mass is 383 g/mol. The number of esters is 3. The Kier molecular flexibility index (Phi) is 7.40. The number of thioether (sulfide) groups is 1. The SMILES string of the molecule is CC(=O)OC[C@H]1O[C@H](OC(C)=O)C[C@H](Sc2ccccn2)[C@@H]1OC(C)=O. The van der Waals surface area contributed by atoms with Crippen molar-refractivity contribution in [2.75, 3.05) is 6.61 Å². The van der Waals surface area contributed by atoms with E-state index in [1.807, 2.05) is 12.1 Å². The van der Waals surface area contributed by atoms with Crippen molar-refractivity contribution in [3.05, 3.63) is 24.4 Å². The molecule has 1 aliphatic rings. The Labute approximate surface area is 155 Å². The van der Waals surface area contributed by atoms with E-state index in [1.165, 1.54) is 32.5 Å². The molecule has 0 unspecified atom stereocenters. The summed E-state index contributed by atoms with van der Waals surface area (Å²) in [6.45, 7) is 3.73. The van der Waals surface area contributed by atoms with Gasteiger partial charge in [0.1, 0.15) is 18.8 Å². The van der Waals surface area contributed by atoms with Crippen molar-refractivity contribution in [3.63, 3.8) is 0 Å². The van der Waals surface area contributed by atoms with Crippen molar-refractivity contribution in [3.8, 4) is 0 Å². The van der Waals surface area contributed by atoms with Crippen LogP contribution in [-0.2, 0) is 33.3 Å². The van der Waals surface area contributed by atoms with Crippen LogP contribution in [0.5, 0.6) is 0 Å². The first-order valence-electron chi connectivity index (χ1n) is 8.06. The lowest BCUT2D eigenvalue weighted by molar-refractivity contribution is -0.232. The number of hydrogen-bond donors (Lipinski definition) is 0. The third kappa shape index (κ3) is 6.30. The maximum Gasteiger partial charge on any atom is 0.304 e. The molecule has 1 aromatic rings. The molecule has 1 aliphatic heterocycles. The lowest BCUT2D eigenvalue weighted by atomic mass is 10.0. The Morgan fingerprint density at radius 2 is 1.88 bits per heavy atom. The third-order valence-electron chi connectivity index (χ3n) is 3.44. The van der Waals surface area contributed by atoms with Crippen LogP contribution < -0.4 is 0 Å². The summed E-state index contributed by atoms with van der Waals surface area (Å²) in [7, 11) is 0. The maximum absolute atomic E-state index is 11.6. The highest BCUT2D eigenvalue weighted by Gasteiger charge is 2.43. The summed E-state index contributed by atoms with van der Waals surface area (Å²) in [5.74, 6) is -1.46. The molecule has 0 bridgehead atoms. The fourth-order valence-electron chi connectivity index (χ4n) is 2.52. The Hall–Kier alpha value is -2.13. The first-order valence-corrected chi connectivity index (χ1v) is 8.94. The molecule has 4 atom stereocenters. The van der Waals surface area contributed by atoms with Crippen molar-refractivity contribution in [2.24, 2.45) is 0 Å². The van der Waals surface area contributed by atoms with Crippen LogP contribution in [0.2, 0.25) is 0 Å². The lowest BCUT2D eigenvalue weighted by Crippen LogP contribution is -2.52. The Bertz CT molecular complexity index is 639. The number of aromatic nitrogens is 1. The third-order valence-corrected chi connectivity index (χ3v) is 4.69. The predicted molar refractivity (Wildman–Crippen MR) is 91.1 cm³/mol. The number of ether oxygens (including phenoxy) is 4. The fraction of sp³-hybridized carbons (Fsp3) is 0.529. The zero-order chi connectivity index (χ0) is 19.1. The summed E-state index contributed by atoms with van der Waals surface area (Å²) < 4.78 is 21.3. The first kappa shape index (κ1) is 20.2. The van der Waals surface area contributed by atoms with Crippen LogP contribution in [0.1, 0.15) is 27.2 Å². The Morgan fingerprint density at radius 1 is 1.15 bits per heavy atom. The van der Waals surface area contributed by atoms with Crippen molar-refractivity contribution in [1.82, 2.24) is 4.98 Å². The summed E-state index contributed by atoms with van der Waals surface area (Å²) in [6.07, 6.45) is -0.327. The van der Waals surface area contributed by atoms with Gasteiger partial charge in [0, 0.05) is 33.4 Å². The van der Waals surface area contributed by atoms with Crippen molar-refractivity contribution in [2.45, 2.75) is 56.0 Å². The lowest BCUT2D eigenvalue weighted by Gasteiger charge is -2.39. The second-order valence-corrected chi connectivity index (χ2v) is 6.91. The van der Waals surface area contributed by atoms with Gasteiger partial charge in [0.25, 0.3) is 0 Å². The van der Waals surface area contributed by atoms with Crippen LogP contribution >= 0.6 is 11.8 Å². The van der Waals surface area contributed by atoms with Gasteiger partial charge in [0.05, 0.1) is 10.3 Å². The highest BCUT2D eigenvalue weighted by molar-refractivity contribution is 7.99. The van der Waals surface area contributed by atoms with Crippen molar-refractivity contribution in [1.29, 1.82) is 0 Å². The average molecular weight is 383 g/mol. The van der Waals surface area contributed by atoms with Gasteiger partial charge in [-0.05, 0) is 12.1 Å². The fourth-order valence-corrected chi connectivity index (χ4v) is 3.72. The van der Waals surface area contributed by atoms with Crippen molar-refractivity contribution >= 4 is 29.7 Å². The summed E-state index contributed by atoms with van der Waals surface area (Å²) in [4.78, 5) is 38.3. The number of pyridine rings is 1. The number of rotatable bonds is 6. The summed E-state index contributed by atoms with van der Waals surface area (Å²) in [5, 5.41) is 0.428. The standard InChI is InChI=1S/C17H21NO7S/c1-10(19)22-9-13-17(24-12(3)21)14(8-16(25-13)23-11(2)20)26-15-6-4-5-7-18-15/h4-7,13-14,16-17H,8-9H2,1-3H3/t13-,14+,16+,17-/m1/s1. The number of nitrogens with zero attached hydrogens (tertiary/aromatic N) is 1. The zero-order valence-corrected chi connectivity index (χ0v) is 15.6. The molecule has 8 nitrogen and oxygen atoms in total. The molecular formula is C17H21NO7S. The van der Waals surface area contributed by atoms with E-state index in [0.717, 1.165) is 5.03 Å². The van der Waals surface area contributed by atoms with E-state index < -0.39 is 36.4 Å². The molecule has 0 amide bonds. The molecule has 1 saturated heterocycles. The molecule has 1 fully saturated rings. The van der Waals surface area contributed by atoms with E-state index in [9.17, 15) is 14.4 Å². The molecule has 9 heteroatoms. The van der Waals surface area contributed by atoms with Gasteiger partial charge in [-0.3, -0.25) is 14.4 Å². The van der Waals surface area contributed by atoms with E-state index in [-0.39, 0.29) is 11.9 Å². The van der Waals surface area contributed by atoms with Gasteiger partial charge >= 0.3 is 17.9 Å². The predicted octanol–water partition coefficient (Wildman–Crippen LogP) is 1.72. The first-order chi connectivity index (χ1) is 12.3. The van der Waals surface area contributed by atoms with Crippen LogP contribution in [0.4, 0.5) is 0 Å². The van der Waals surface area contributed by atoms with E-state index in [1.54, 1.807) is 12.3 Å². The highest BCUT2D eigenvalue weighted by atomic mass is 32.2. The molecule has 0 radical (unpaired) electrons. The molecule has 1 aromatic heterocycles. The van der Waals surface area contributed by atoms with E-state index in [4.69, 9.17) is 18.9 Å². The topological polar surface area (TPSA) is 101 Å². The average Bonchev–Trinajstić information content (AvgIpc) is 2.55. The van der Waals surface area contributed by atoms with E-state index in [0.29, 0.717) is 6.42 Å². The minimum Gasteiger partial charge on any atom is -0.463 e. The number of carbonyl (C=O) groups is 3. The van der Waals surface area contributed by atoms with Gasteiger partial charge < -0.3 is 18.9 Å². The van der Waals surface area contributed by atoms with Crippen molar-refractivity contribution < 1.29 is 33.3 Å². The molecule has 2 heterocycles. The Balaban J connectivity index is 2.22. The zero-order valence-electron chi connectivity index (χ0n) is 14.7. The van der Waals surface area contributed by atoms with Gasteiger partial charge in [-0.2, -0.15) is 0 Å². The van der Waals surface area contributed by atoms with Gasteiger partial charge in [0.2, 0.25) is 6.29 Å². The molecule has 26 heavy (non-hydrogen) atoms. The summed E-state index contributed by atoms with van der Waals surface area (Å²) >= 11 is 1.38. The second kappa shape index (κ2) is 9.54. The molecule has 0 aromatic carbocycles. The largest absolute Gasteiger partial charge is 0.463 e. The van der Waals surface area contributed by atoms with E-state index in [2.05, 4.69) is 4.98 Å². The van der Waals surface area contributed by atoms with Gasteiger partial charge in [0.15, 0.2) is 0 Å². The van der Waals surface area contributed by atoms with Gasteiger partial charge in [-0.1, -0.05) is 17.8 Å². The normalized spacial score (nSPS) is 25.2. The molecular weight excluding hydrogens is 362 g/mol.